The lowest BCUT2D eigenvalue weighted by Gasteiger charge is -2.11. The summed E-state index contributed by atoms with van der Waals surface area (Å²) in [6.07, 6.45) is 3.51. The Morgan fingerprint density at radius 1 is 1.36 bits per heavy atom. The molecule has 0 fully saturated rings. The summed E-state index contributed by atoms with van der Waals surface area (Å²) in [6, 6.07) is 2.00. The summed E-state index contributed by atoms with van der Waals surface area (Å²) in [7, 11) is 5.80. The van der Waals surface area contributed by atoms with Gasteiger partial charge in [-0.05, 0) is 6.07 Å². The van der Waals surface area contributed by atoms with E-state index in [0.29, 0.717) is 0 Å². The van der Waals surface area contributed by atoms with Gasteiger partial charge in [0, 0.05) is 27.3 Å². The van der Waals surface area contributed by atoms with Gasteiger partial charge in [0.25, 0.3) is 0 Å². The number of fused-ring (bicyclic) bond motifs is 1. The molecule has 5 heteroatoms. The van der Waals surface area contributed by atoms with Crippen molar-refractivity contribution < 1.29 is 0 Å². The van der Waals surface area contributed by atoms with Crippen LogP contribution in [0.2, 0.25) is 0 Å². The van der Waals surface area contributed by atoms with E-state index in [1.54, 1.807) is 6.33 Å². The van der Waals surface area contributed by atoms with Crippen LogP contribution in [0.1, 0.15) is 0 Å². The van der Waals surface area contributed by atoms with Gasteiger partial charge in [0.1, 0.15) is 12.1 Å². The van der Waals surface area contributed by atoms with Crippen molar-refractivity contribution in [2.45, 2.75) is 0 Å². The predicted molar refractivity (Wildman–Crippen MR) is 57.1 cm³/mol. The van der Waals surface area contributed by atoms with E-state index < -0.39 is 0 Å². The molecule has 0 atom stereocenters. The largest absolute Gasteiger partial charge is 0.362 e. The fourth-order valence-corrected chi connectivity index (χ4v) is 1.47. The van der Waals surface area contributed by atoms with E-state index in [1.807, 2.05) is 43.0 Å². The average Bonchev–Trinajstić information content (AvgIpc) is 2.59. The third-order valence-electron chi connectivity index (χ3n) is 2.12. The van der Waals surface area contributed by atoms with Crippen LogP contribution in [0.15, 0.2) is 18.6 Å². The second-order valence-electron chi connectivity index (χ2n) is 3.24. The molecule has 0 amide bonds. The van der Waals surface area contributed by atoms with Gasteiger partial charge in [-0.1, -0.05) is 0 Å². The molecule has 0 aliphatic heterocycles. The highest BCUT2D eigenvalue weighted by Crippen LogP contribution is 2.20. The van der Waals surface area contributed by atoms with Crippen LogP contribution in [0.5, 0.6) is 0 Å². The van der Waals surface area contributed by atoms with E-state index in [2.05, 4.69) is 15.4 Å². The maximum absolute atomic E-state index is 4.23. The van der Waals surface area contributed by atoms with E-state index in [1.165, 1.54) is 0 Å². The Kier molecular flexibility index (Phi) is 1.99. The Morgan fingerprint density at radius 3 is 2.79 bits per heavy atom. The highest BCUT2D eigenvalue weighted by atomic mass is 15.4. The van der Waals surface area contributed by atoms with Crippen LogP contribution in [0.4, 0.5) is 5.82 Å². The van der Waals surface area contributed by atoms with Crippen LogP contribution >= 0.6 is 0 Å². The summed E-state index contributed by atoms with van der Waals surface area (Å²) < 4.78 is 1.87. The number of anilines is 1. The fourth-order valence-electron chi connectivity index (χ4n) is 1.47. The number of hydrogen-bond donors (Lipinski definition) is 1. The smallest absolute Gasteiger partial charge is 0.163 e. The third-order valence-corrected chi connectivity index (χ3v) is 2.12. The van der Waals surface area contributed by atoms with Gasteiger partial charge in [-0.2, -0.15) is 0 Å². The molecule has 0 bridgehead atoms. The summed E-state index contributed by atoms with van der Waals surface area (Å²) in [5.41, 5.74) is 3.92. The van der Waals surface area contributed by atoms with Crippen molar-refractivity contribution in [2.75, 3.05) is 31.5 Å². The molecule has 0 saturated carbocycles. The van der Waals surface area contributed by atoms with Crippen LogP contribution < -0.4 is 10.3 Å². The number of hydrogen-bond acceptors (Lipinski definition) is 4. The number of nitrogens with zero attached hydrogens (tertiary/aromatic N) is 4. The maximum Gasteiger partial charge on any atom is 0.163 e. The monoisotopic (exact) mass is 191 g/mol. The predicted octanol–water partition coefficient (Wildman–Crippen LogP) is 0.671. The molecule has 0 unspecified atom stereocenters. The Labute approximate surface area is 82.3 Å². The standard InChI is InChI=1S/C9H13N5/c1-10-14-5-4-7-8(13(2)3)11-6-12-9(7)14/h4-6,10H,1-3H3. The Morgan fingerprint density at radius 2 is 2.14 bits per heavy atom. The Balaban J connectivity index is 2.70. The molecule has 0 aliphatic rings. The molecule has 2 rings (SSSR count). The van der Waals surface area contributed by atoms with Crippen molar-refractivity contribution >= 4 is 16.9 Å². The molecule has 14 heavy (non-hydrogen) atoms. The summed E-state index contributed by atoms with van der Waals surface area (Å²) in [4.78, 5) is 10.4. The van der Waals surface area contributed by atoms with Crippen molar-refractivity contribution in [3.8, 4) is 0 Å². The van der Waals surface area contributed by atoms with Crippen LogP contribution in [-0.2, 0) is 0 Å². The summed E-state index contributed by atoms with van der Waals surface area (Å²) in [5.74, 6) is 0.934. The summed E-state index contributed by atoms with van der Waals surface area (Å²) in [5, 5.41) is 1.05. The molecule has 0 aromatic carbocycles. The first-order valence-electron chi connectivity index (χ1n) is 4.41. The number of nitrogens with one attached hydrogen (secondary N) is 1. The minimum absolute atomic E-state index is 0.895. The molecule has 74 valence electrons. The first-order chi connectivity index (χ1) is 6.74. The highest BCUT2D eigenvalue weighted by molar-refractivity contribution is 5.87. The first-order valence-corrected chi connectivity index (χ1v) is 4.41. The van der Waals surface area contributed by atoms with Gasteiger partial charge < -0.3 is 10.3 Å². The van der Waals surface area contributed by atoms with Crippen molar-refractivity contribution in [2.24, 2.45) is 0 Å². The number of rotatable bonds is 2. The first kappa shape index (κ1) is 8.80. The molecule has 0 aliphatic carbocycles. The second kappa shape index (κ2) is 3.17. The van der Waals surface area contributed by atoms with Crippen molar-refractivity contribution in [1.82, 2.24) is 14.6 Å². The molecule has 0 spiro atoms. The third kappa shape index (κ3) is 1.17. The summed E-state index contributed by atoms with van der Waals surface area (Å²) in [6.45, 7) is 0. The average molecular weight is 191 g/mol. The van der Waals surface area contributed by atoms with Gasteiger partial charge in [-0.15, -0.1) is 0 Å². The zero-order valence-electron chi connectivity index (χ0n) is 8.52. The maximum atomic E-state index is 4.23. The van der Waals surface area contributed by atoms with Crippen LogP contribution in [0.25, 0.3) is 11.0 Å². The van der Waals surface area contributed by atoms with Gasteiger partial charge >= 0.3 is 0 Å². The molecule has 0 saturated heterocycles. The fraction of sp³-hybridized carbons (Fsp3) is 0.333. The van der Waals surface area contributed by atoms with Crippen molar-refractivity contribution in [3.05, 3.63) is 18.6 Å². The van der Waals surface area contributed by atoms with E-state index in [9.17, 15) is 0 Å². The second-order valence-corrected chi connectivity index (χ2v) is 3.24. The van der Waals surface area contributed by atoms with Gasteiger partial charge in [-0.25, -0.2) is 14.6 Å². The lowest BCUT2D eigenvalue weighted by molar-refractivity contribution is 0.948. The minimum atomic E-state index is 0.895. The van der Waals surface area contributed by atoms with Crippen molar-refractivity contribution in [1.29, 1.82) is 0 Å². The molecular weight excluding hydrogens is 178 g/mol. The minimum Gasteiger partial charge on any atom is -0.362 e. The lowest BCUT2D eigenvalue weighted by atomic mass is 10.3. The number of aromatic nitrogens is 3. The normalized spacial score (nSPS) is 10.5. The topological polar surface area (TPSA) is 46.0 Å². The van der Waals surface area contributed by atoms with Crippen LogP contribution in [-0.4, -0.2) is 35.8 Å². The van der Waals surface area contributed by atoms with Gasteiger partial charge in [0.05, 0.1) is 5.39 Å². The molecule has 2 heterocycles. The summed E-state index contributed by atoms with van der Waals surface area (Å²) >= 11 is 0. The SMILES string of the molecule is CNn1ccc2c(N(C)C)ncnc21. The van der Waals surface area contributed by atoms with E-state index in [-0.39, 0.29) is 0 Å². The lowest BCUT2D eigenvalue weighted by Crippen LogP contribution is -2.12. The molecule has 2 aromatic heterocycles. The molecule has 0 radical (unpaired) electrons. The van der Waals surface area contributed by atoms with Gasteiger partial charge in [-0.3, -0.25) is 0 Å². The van der Waals surface area contributed by atoms with Gasteiger partial charge in [0.2, 0.25) is 0 Å². The van der Waals surface area contributed by atoms with E-state index in [4.69, 9.17) is 0 Å². The molecule has 5 nitrogen and oxygen atoms in total. The Bertz CT molecular complexity index is 445. The van der Waals surface area contributed by atoms with Crippen LogP contribution in [0.3, 0.4) is 0 Å². The molecule has 1 N–H and O–H groups in total. The highest BCUT2D eigenvalue weighted by Gasteiger charge is 2.08. The van der Waals surface area contributed by atoms with Crippen molar-refractivity contribution in [3.63, 3.8) is 0 Å². The van der Waals surface area contributed by atoms with Crippen LogP contribution in [0, 0.1) is 0 Å². The quantitative estimate of drug-likeness (QED) is 0.758. The van der Waals surface area contributed by atoms with Gasteiger partial charge in [0.15, 0.2) is 5.65 Å². The molecular formula is C9H13N5. The molecule has 2 aromatic rings. The zero-order valence-corrected chi connectivity index (χ0v) is 8.52. The van der Waals surface area contributed by atoms with E-state index >= 15 is 0 Å². The zero-order chi connectivity index (χ0) is 10.1. The van der Waals surface area contributed by atoms with E-state index in [0.717, 1.165) is 16.9 Å². The Hall–Kier alpha value is -1.78.